The normalized spacial score (nSPS) is 16.4. The molecule has 0 saturated heterocycles. The number of anilines is 1. The predicted octanol–water partition coefficient (Wildman–Crippen LogP) is 4.55. The highest BCUT2D eigenvalue weighted by molar-refractivity contribution is 7.15. The quantitative estimate of drug-likeness (QED) is 0.515. The molecule has 2 aromatic heterocycles. The van der Waals surface area contributed by atoms with Gasteiger partial charge < -0.3 is 15.0 Å². The summed E-state index contributed by atoms with van der Waals surface area (Å²) < 4.78 is 44.1. The zero-order valence-corrected chi connectivity index (χ0v) is 20.2. The first-order valence-corrected chi connectivity index (χ1v) is 12.2. The minimum Gasteiger partial charge on any atom is -0.481 e. The van der Waals surface area contributed by atoms with E-state index in [9.17, 15) is 22.8 Å². The van der Waals surface area contributed by atoms with E-state index < -0.39 is 23.9 Å². The first-order chi connectivity index (χ1) is 17.1. The Bertz CT molecular complexity index is 1320. The van der Waals surface area contributed by atoms with Crippen molar-refractivity contribution in [2.45, 2.75) is 38.9 Å². The van der Waals surface area contributed by atoms with Gasteiger partial charge in [0.15, 0.2) is 12.4 Å². The molecule has 1 aliphatic carbocycles. The smallest absolute Gasteiger partial charge is 0.451 e. The van der Waals surface area contributed by atoms with Crippen LogP contribution in [0.3, 0.4) is 0 Å². The molecule has 1 fully saturated rings. The largest absolute Gasteiger partial charge is 0.481 e. The van der Waals surface area contributed by atoms with E-state index in [0.717, 1.165) is 30.1 Å². The number of rotatable bonds is 6. The second-order valence-electron chi connectivity index (χ2n) is 8.92. The zero-order valence-electron chi connectivity index (χ0n) is 19.4. The van der Waals surface area contributed by atoms with Gasteiger partial charge in [-0.25, -0.2) is 15.0 Å². The molecule has 0 bridgehead atoms. The second-order valence-corrected chi connectivity index (χ2v) is 10.2. The summed E-state index contributed by atoms with van der Waals surface area (Å²) in [6.07, 6.45) is 1.26. The van der Waals surface area contributed by atoms with E-state index in [0.29, 0.717) is 40.0 Å². The molecule has 1 aliphatic heterocycles. The van der Waals surface area contributed by atoms with Gasteiger partial charge in [0.25, 0.3) is 11.8 Å². The van der Waals surface area contributed by atoms with E-state index in [-0.39, 0.29) is 18.1 Å². The van der Waals surface area contributed by atoms with E-state index in [4.69, 9.17) is 4.74 Å². The number of amides is 2. The molecule has 36 heavy (non-hydrogen) atoms. The van der Waals surface area contributed by atoms with E-state index in [2.05, 4.69) is 20.3 Å². The lowest BCUT2D eigenvalue weighted by atomic mass is 10.0. The van der Waals surface area contributed by atoms with Gasteiger partial charge in [-0.15, -0.1) is 11.3 Å². The third-order valence-electron chi connectivity index (χ3n) is 6.03. The molecule has 8 nitrogen and oxygen atoms in total. The maximum atomic E-state index is 13.3. The standard InChI is InChI=1S/C24H22F3N5O3S/c1-12-7-28-22(36-12)17-5-15(6-18-20(17)35-11-19(33)32(18)10-14-3-4-14)21(34)31-13(2)16-8-29-23(30-9-16)24(25,26)27/h5-9,13-14H,3-4,10-11H2,1-2H3,(H,31,34)/t13-/m1/s1. The highest BCUT2D eigenvalue weighted by Gasteiger charge is 2.35. The lowest BCUT2D eigenvalue weighted by Crippen LogP contribution is -2.40. The van der Waals surface area contributed by atoms with Crippen LogP contribution in [0, 0.1) is 12.8 Å². The summed E-state index contributed by atoms with van der Waals surface area (Å²) >= 11 is 1.44. The van der Waals surface area contributed by atoms with Crippen LogP contribution >= 0.6 is 11.3 Å². The molecule has 2 amide bonds. The molecule has 2 aliphatic rings. The third-order valence-corrected chi connectivity index (χ3v) is 6.97. The van der Waals surface area contributed by atoms with E-state index in [1.165, 1.54) is 11.3 Å². The topological polar surface area (TPSA) is 97.3 Å². The van der Waals surface area contributed by atoms with Crippen molar-refractivity contribution >= 4 is 28.8 Å². The maximum absolute atomic E-state index is 13.3. The van der Waals surface area contributed by atoms with Crippen LogP contribution in [0.4, 0.5) is 18.9 Å². The molecule has 1 atom stereocenters. The average molecular weight is 518 g/mol. The van der Waals surface area contributed by atoms with Crippen LogP contribution < -0.4 is 15.0 Å². The minimum atomic E-state index is -4.65. The van der Waals surface area contributed by atoms with Crippen molar-refractivity contribution in [3.8, 4) is 16.3 Å². The van der Waals surface area contributed by atoms with Gasteiger partial charge in [-0.1, -0.05) is 0 Å². The predicted molar refractivity (Wildman–Crippen MR) is 126 cm³/mol. The molecule has 12 heteroatoms. The molecule has 188 valence electrons. The van der Waals surface area contributed by atoms with Crippen molar-refractivity contribution in [3.05, 3.63) is 52.6 Å². The molecule has 0 unspecified atom stereocenters. The Morgan fingerprint density at radius 2 is 1.94 bits per heavy atom. The van der Waals surface area contributed by atoms with Gasteiger partial charge in [0.1, 0.15) is 5.01 Å². The van der Waals surface area contributed by atoms with E-state index in [1.54, 1.807) is 30.2 Å². The van der Waals surface area contributed by atoms with Crippen LogP contribution in [0.1, 0.15) is 52.4 Å². The summed E-state index contributed by atoms with van der Waals surface area (Å²) in [6.45, 7) is 4.00. The summed E-state index contributed by atoms with van der Waals surface area (Å²) in [7, 11) is 0. The Kier molecular flexibility index (Phi) is 6.15. The number of benzene rings is 1. The summed E-state index contributed by atoms with van der Waals surface area (Å²) in [5.74, 6) is -0.969. The summed E-state index contributed by atoms with van der Waals surface area (Å²) in [5.41, 5.74) is 1.71. The molecule has 0 spiro atoms. The molecule has 0 radical (unpaired) electrons. The Morgan fingerprint density at radius 3 is 2.56 bits per heavy atom. The summed E-state index contributed by atoms with van der Waals surface area (Å²) in [5, 5.41) is 3.43. The number of ether oxygens (including phenoxy) is 1. The maximum Gasteiger partial charge on any atom is 0.451 e. The van der Waals surface area contributed by atoms with Crippen LogP contribution in [0.25, 0.3) is 10.6 Å². The Balaban J connectivity index is 1.47. The summed E-state index contributed by atoms with van der Waals surface area (Å²) in [6, 6.07) is 2.61. The number of fused-ring (bicyclic) bond motifs is 1. The number of alkyl halides is 3. The molecular formula is C24H22F3N5O3S. The number of aromatic nitrogens is 3. The number of nitrogens with one attached hydrogen (secondary N) is 1. The van der Waals surface area contributed by atoms with Gasteiger partial charge in [0, 0.05) is 41.1 Å². The van der Waals surface area contributed by atoms with Gasteiger partial charge in [-0.3, -0.25) is 9.59 Å². The van der Waals surface area contributed by atoms with Crippen LogP contribution in [-0.2, 0) is 11.0 Å². The zero-order chi connectivity index (χ0) is 25.6. The van der Waals surface area contributed by atoms with Crippen molar-refractivity contribution in [1.29, 1.82) is 0 Å². The van der Waals surface area contributed by atoms with Gasteiger partial charge >= 0.3 is 6.18 Å². The average Bonchev–Trinajstić information content (AvgIpc) is 3.56. The number of hydrogen-bond donors (Lipinski definition) is 1. The van der Waals surface area contributed by atoms with Crippen LogP contribution in [0.5, 0.6) is 5.75 Å². The Labute approximate surface area is 208 Å². The number of aryl methyl sites for hydroxylation is 1. The molecule has 5 rings (SSSR count). The van der Waals surface area contributed by atoms with E-state index >= 15 is 0 Å². The number of halogens is 3. The third kappa shape index (κ3) is 4.90. The molecule has 3 aromatic rings. The highest BCUT2D eigenvalue weighted by Crippen LogP contribution is 2.44. The Morgan fingerprint density at radius 1 is 1.22 bits per heavy atom. The van der Waals surface area contributed by atoms with Crippen LogP contribution in [-0.4, -0.2) is 39.9 Å². The van der Waals surface area contributed by atoms with Crippen molar-refractivity contribution < 1.29 is 27.5 Å². The van der Waals surface area contributed by atoms with Crippen LogP contribution in [0.15, 0.2) is 30.7 Å². The second kappa shape index (κ2) is 9.16. The van der Waals surface area contributed by atoms with Gasteiger partial charge in [-0.05, 0) is 44.7 Å². The van der Waals surface area contributed by atoms with Crippen LogP contribution in [0.2, 0.25) is 0 Å². The number of carbonyl (C=O) groups excluding carboxylic acids is 2. The fourth-order valence-electron chi connectivity index (χ4n) is 3.91. The van der Waals surface area contributed by atoms with Gasteiger partial charge in [0.05, 0.1) is 17.3 Å². The summed E-state index contributed by atoms with van der Waals surface area (Å²) in [4.78, 5) is 39.8. The molecule has 1 aromatic carbocycles. The number of carbonyl (C=O) groups is 2. The number of hydrogen-bond acceptors (Lipinski definition) is 7. The minimum absolute atomic E-state index is 0.0897. The van der Waals surface area contributed by atoms with Gasteiger partial charge in [-0.2, -0.15) is 13.2 Å². The van der Waals surface area contributed by atoms with Crippen molar-refractivity contribution in [2.75, 3.05) is 18.1 Å². The lowest BCUT2D eigenvalue weighted by molar-refractivity contribution is -0.145. The molecular weight excluding hydrogens is 495 g/mol. The molecule has 3 heterocycles. The van der Waals surface area contributed by atoms with Crippen molar-refractivity contribution in [1.82, 2.24) is 20.3 Å². The first-order valence-electron chi connectivity index (χ1n) is 11.3. The number of nitrogens with zero attached hydrogens (tertiary/aromatic N) is 4. The van der Waals surface area contributed by atoms with Crippen molar-refractivity contribution in [3.63, 3.8) is 0 Å². The molecule has 1 saturated carbocycles. The van der Waals surface area contributed by atoms with E-state index in [1.807, 2.05) is 6.92 Å². The lowest BCUT2D eigenvalue weighted by Gasteiger charge is -2.31. The monoisotopic (exact) mass is 517 g/mol. The molecule has 1 N–H and O–H groups in total. The number of thiazole rings is 1. The Hall–Kier alpha value is -3.54. The highest BCUT2D eigenvalue weighted by atomic mass is 32.1. The fraction of sp³-hybridized carbons (Fsp3) is 0.375. The fourth-order valence-corrected chi connectivity index (χ4v) is 4.69. The first kappa shape index (κ1) is 24.2. The van der Waals surface area contributed by atoms with Gasteiger partial charge in [0.2, 0.25) is 5.82 Å². The van der Waals surface area contributed by atoms with Crippen molar-refractivity contribution in [2.24, 2.45) is 5.92 Å². The SMILES string of the molecule is Cc1cnc(-c2cc(C(=O)N[C@H](C)c3cnc(C(F)(F)F)nc3)cc3c2OCC(=O)N3CC2CC2)s1.